The molecule has 136 valence electrons. The Bertz CT molecular complexity index is 795. The highest BCUT2D eigenvalue weighted by Crippen LogP contribution is 2.22. The molecular formula is C21H24N2O3. The fourth-order valence-corrected chi connectivity index (χ4v) is 3.13. The van der Waals surface area contributed by atoms with Gasteiger partial charge in [0.15, 0.2) is 0 Å². The quantitative estimate of drug-likeness (QED) is 0.850. The first-order chi connectivity index (χ1) is 12.5. The van der Waals surface area contributed by atoms with Gasteiger partial charge in [0, 0.05) is 33.1 Å². The fourth-order valence-electron chi connectivity index (χ4n) is 3.13. The van der Waals surface area contributed by atoms with Gasteiger partial charge in [-0.05, 0) is 24.6 Å². The lowest BCUT2D eigenvalue weighted by atomic mass is 10.1. The van der Waals surface area contributed by atoms with Gasteiger partial charge >= 0.3 is 0 Å². The standard InChI is InChI=1S/C21H24N2O3/c1-16-6-5-7-18(14-16)15-26-20-9-4-3-8-19(20)21(25)23-12-10-22(11-13-23)17(2)24/h3-9,14H,10-13,15H2,1-2H3. The van der Waals surface area contributed by atoms with Crippen molar-refractivity contribution in [3.63, 3.8) is 0 Å². The van der Waals surface area contributed by atoms with Gasteiger partial charge in [-0.3, -0.25) is 9.59 Å². The van der Waals surface area contributed by atoms with Crippen LogP contribution in [0.5, 0.6) is 5.75 Å². The number of carbonyl (C=O) groups is 2. The van der Waals surface area contributed by atoms with Crippen LogP contribution in [0.3, 0.4) is 0 Å². The minimum absolute atomic E-state index is 0.0481. The van der Waals surface area contributed by atoms with Crippen LogP contribution in [0.4, 0.5) is 0 Å². The van der Waals surface area contributed by atoms with E-state index >= 15 is 0 Å². The summed E-state index contributed by atoms with van der Waals surface area (Å²) in [4.78, 5) is 27.9. The largest absolute Gasteiger partial charge is 0.488 e. The van der Waals surface area contributed by atoms with Gasteiger partial charge in [0.25, 0.3) is 5.91 Å². The van der Waals surface area contributed by atoms with Gasteiger partial charge in [-0.25, -0.2) is 0 Å². The van der Waals surface area contributed by atoms with Crippen LogP contribution in [0.1, 0.15) is 28.4 Å². The number of ether oxygens (including phenoxy) is 1. The number of para-hydroxylation sites is 1. The molecule has 5 heteroatoms. The molecule has 2 aromatic carbocycles. The maximum Gasteiger partial charge on any atom is 0.257 e. The maximum absolute atomic E-state index is 12.9. The van der Waals surface area contributed by atoms with Gasteiger partial charge in [0.2, 0.25) is 5.91 Å². The summed E-state index contributed by atoms with van der Waals surface area (Å²) in [6, 6.07) is 15.5. The molecule has 2 aromatic rings. The molecule has 1 heterocycles. The van der Waals surface area contributed by atoms with Crippen LogP contribution >= 0.6 is 0 Å². The molecule has 1 aliphatic heterocycles. The van der Waals surface area contributed by atoms with Crippen LogP contribution in [0.15, 0.2) is 48.5 Å². The van der Waals surface area contributed by atoms with E-state index in [4.69, 9.17) is 4.74 Å². The molecular weight excluding hydrogens is 328 g/mol. The van der Waals surface area contributed by atoms with E-state index in [0.29, 0.717) is 44.1 Å². The minimum atomic E-state index is -0.0481. The topological polar surface area (TPSA) is 49.9 Å². The van der Waals surface area contributed by atoms with E-state index in [1.165, 1.54) is 5.56 Å². The third-order valence-electron chi connectivity index (χ3n) is 4.61. The molecule has 0 radical (unpaired) electrons. The summed E-state index contributed by atoms with van der Waals surface area (Å²) in [5.41, 5.74) is 2.82. The molecule has 0 saturated carbocycles. The lowest BCUT2D eigenvalue weighted by Gasteiger charge is -2.34. The monoisotopic (exact) mass is 352 g/mol. The second kappa shape index (κ2) is 8.04. The molecule has 0 spiro atoms. The van der Waals surface area contributed by atoms with Crippen molar-refractivity contribution < 1.29 is 14.3 Å². The molecule has 2 amide bonds. The van der Waals surface area contributed by atoms with Crippen molar-refractivity contribution in [2.45, 2.75) is 20.5 Å². The lowest BCUT2D eigenvalue weighted by Crippen LogP contribution is -2.50. The smallest absolute Gasteiger partial charge is 0.257 e. The molecule has 0 bridgehead atoms. The summed E-state index contributed by atoms with van der Waals surface area (Å²) in [6.45, 7) is 6.27. The van der Waals surface area contributed by atoms with Crippen LogP contribution in [-0.2, 0) is 11.4 Å². The summed E-state index contributed by atoms with van der Waals surface area (Å²) in [5, 5.41) is 0. The van der Waals surface area contributed by atoms with Gasteiger partial charge in [-0.1, -0.05) is 42.0 Å². The summed E-state index contributed by atoms with van der Waals surface area (Å²) in [7, 11) is 0. The van der Waals surface area contributed by atoms with Crippen molar-refractivity contribution in [3.05, 3.63) is 65.2 Å². The van der Waals surface area contributed by atoms with Gasteiger partial charge in [-0.2, -0.15) is 0 Å². The molecule has 0 unspecified atom stereocenters. The zero-order valence-electron chi connectivity index (χ0n) is 15.3. The number of hydrogen-bond acceptors (Lipinski definition) is 3. The summed E-state index contributed by atoms with van der Waals surface area (Å²) in [5.74, 6) is 0.597. The zero-order chi connectivity index (χ0) is 18.5. The Morgan fingerprint density at radius 3 is 2.35 bits per heavy atom. The third-order valence-corrected chi connectivity index (χ3v) is 4.61. The molecule has 1 saturated heterocycles. The molecule has 3 rings (SSSR count). The number of carbonyl (C=O) groups excluding carboxylic acids is 2. The Hall–Kier alpha value is -2.82. The van der Waals surface area contributed by atoms with E-state index in [0.717, 1.165) is 5.56 Å². The Kier molecular flexibility index (Phi) is 5.56. The summed E-state index contributed by atoms with van der Waals surface area (Å²) >= 11 is 0. The highest BCUT2D eigenvalue weighted by Gasteiger charge is 2.25. The lowest BCUT2D eigenvalue weighted by molar-refractivity contribution is -0.130. The van der Waals surface area contributed by atoms with Crippen LogP contribution in [0.25, 0.3) is 0 Å². The van der Waals surface area contributed by atoms with Crippen molar-refractivity contribution in [2.75, 3.05) is 26.2 Å². The first-order valence-corrected chi connectivity index (χ1v) is 8.87. The number of piperazine rings is 1. The van der Waals surface area contributed by atoms with E-state index in [1.54, 1.807) is 22.8 Å². The van der Waals surface area contributed by atoms with Crippen LogP contribution in [-0.4, -0.2) is 47.8 Å². The first kappa shape index (κ1) is 18.0. The molecule has 5 nitrogen and oxygen atoms in total. The first-order valence-electron chi connectivity index (χ1n) is 8.87. The SMILES string of the molecule is CC(=O)N1CCN(C(=O)c2ccccc2OCc2cccc(C)c2)CC1. The second-order valence-corrected chi connectivity index (χ2v) is 6.57. The minimum Gasteiger partial charge on any atom is -0.488 e. The summed E-state index contributed by atoms with van der Waals surface area (Å²) < 4.78 is 5.94. The highest BCUT2D eigenvalue weighted by atomic mass is 16.5. The van der Waals surface area contributed by atoms with Crippen LogP contribution < -0.4 is 4.74 Å². The van der Waals surface area contributed by atoms with Crippen molar-refractivity contribution in [2.24, 2.45) is 0 Å². The highest BCUT2D eigenvalue weighted by molar-refractivity contribution is 5.97. The van der Waals surface area contributed by atoms with Crippen molar-refractivity contribution in [1.29, 1.82) is 0 Å². The van der Waals surface area contributed by atoms with Crippen molar-refractivity contribution >= 4 is 11.8 Å². The Morgan fingerprint density at radius 2 is 1.65 bits per heavy atom. The molecule has 0 aliphatic carbocycles. The molecule has 0 aromatic heterocycles. The van der Waals surface area contributed by atoms with Crippen molar-refractivity contribution in [3.8, 4) is 5.75 Å². The fraction of sp³-hybridized carbons (Fsp3) is 0.333. The summed E-state index contributed by atoms with van der Waals surface area (Å²) in [6.07, 6.45) is 0. The zero-order valence-corrected chi connectivity index (χ0v) is 15.3. The molecule has 0 N–H and O–H groups in total. The average Bonchev–Trinajstić information content (AvgIpc) is 2.66. The number of aryl methyl sites for hydroxylation is 1. The average molecular weight is 352 g/mol. The van der Waals surface area contributed by atoms with Crippen molar-refractivity contribution in [1.82, 2.24) is 9.80 Å². The number of rotatable bonds is 4. The van der Waals surface area contributed by atoms with E-state index < -0.39 is 0 Å². The van der Waals surface area contributed by atoms with E-state index in [1.807, 2.05) is 43.3 Å². The van der Waals surface area contributed by atoms with E-state index in [2.05, 4.69) is 6.07 Å². The Labute approximate surface area is 154 Å². The Balaban J connectivity index is 1.68. The predicted molar refractivity (Wildman–Crippen MR) is 100 cm³/mol. The van der Waals surface area contributed by atoms with Gasteiger partial charge in [-0.15, -0.1) is 0 Å². The van der Waals surface area contributed by atoms with E-state index in [-0.39, 0.29) is 11.8 Å². The predicted octanol–water partition coefficient (Wildman–Crippen LogP) is 2.88. The number of benzene rings is 2. The number of hydrogen-bond donors (Lipinski definition) is 0. The van der Waals surface area contributed by atoms with Gasteiger partial charge in [0.05, 0.1) is 5.56 Å². The molecule has 0 atom stereocenters. The Morgan fingerprint density at radius 1 is 0.962 bits per heavy atom. The van der Waals surface area contributed by atoms with Crippen LogP contribution in [0.2, 0.25) is 0 Å². The van der Waals surface area contributed by atoms with Gasteiger partial charge in [0.1, 0.15) is 12.4 Å². The third kappa shape index (κ3) is 4.23. The van der Waals surface area contributed by atoms with Crippen LogP contribution in [0, 0.1) is 6.92 Å². The molecule has 26 heavy (non-hydrogen) atoms. The maximum atomic E-state index is 12.9. The van der Waals surface area contributed by atoms with Gasteiger partial charge < -0.3 is 14.5 Å². The molecule has 1 fully saturated rings. The normalized spacial score (nSPS) is 14.2. The van der Waals surface area contributed by atoms with E-state index in [9.17, 15) is 9.59 Å². The second-order valence-electron chi connectivity index (χ2n) is 6.57. The molecule has 1 aliphatic rings. The number of amides is 2. The number of nitrogens with zero attached hydrogens (tertiary/aromatic N) is 2.